The van der Waals surface area contributed by atoms with Gasteiger partial charge in [0.1, 0.15) is 5.60 Å². The molecule has 0 saturated carbocycles. The van der Waals surface area contributed by atoms with Gasteiger partial charge in [-0.3, -0.25) is 4.89 Å². The van der Waals surface area contributed by atoms with Crippen molar-refractivity contribution in [1.82, 2.24) is 0 Å². The van der Waals surface area contributed by atoms with Crippen LogP contribution in [0, 0.1) is 0 Å². The Labute approximate surface area is 103 Å². The monoisotopic (exact) mass is 236 g/mol. The Kier molecular flexibility index (Phi) is 5.16. The van der Waals surface area contributed by atoms with Crippen molar-refractivity contribution in [1.29, 1.82) is 0 Å². The number of hydrogen-bond acceptors (Lipinski definition) is 3. The molecule has 1 rings (SSSR count). The van der Waals surface area contributed by atoms with Gasteiger partial charge in [-0.25, -0.2) is 4.79 Å². The maximum absolute atomic E-state index is 11.6. The molecule has 94 valence electrons. The van der Waals surface area contributed by atoms with Crippen LogP contribution in [0.4, 0.5) is 0 Å². The summed E-state index contributed by atoms with van der Waals surface area (Å²) in [4.78, 5) is 21.7. The lowest BCUT2D eigenvalue weighted by molar-refractivity contribution is -0.308. The van der Waals surface area contributed by atoms with E-state index in [4.69, 9.17) is 9.78 Å². The third-order valence-electron chi connectivity index (χ3n) is 2.48. The van der Waals surface area contributed by atoms with E-state index in [1.807, 2.05) is 19.9 Å². The van der Waals surface area contributed by atoms with Gasteiger partial charge in [-0.05, 0) is 32.4 Å². The lowest BCUT2D eigenvalue weighted by atomic mass is 10.0. The maximum atomic E-state index is 11.6. The number of unbranched alkanes of at least 4 members (excludes halogenated alkanes) is 1. The van der Waals surface area contributed by atoms with Gasteiger partial charge in [0.25, 0.3) is 0 Å². The van der Waals surface area contributed by atoms with E-state index in [1.165, 1.54) is 0 Å². The van der Waals surface area contributed by atoms with E-state index in [0.717, 1.165) is 19.3 Å². The predicted octanol–water partition coefficient (Wildman–Crippen LogP) is 3.74. The van der Waals surface area contributed by atoms with Gasteiger partial charge in [0.05, 0.1) is 5.56 Å². The van der Waals surface area contributed by atoms with Crippen LogP contribution in [0.5, 0.6) is 0 Å². The van der Waals surface area contributed by atoms with Crippen molar-refractivity contribution < 1.29 is 14.6 Å². The first-order valence-electron chi connectivity index (χ1n) is 6.00. The van der Waals surface area contributed by atoms with E-state index in [-0.39, 0.29) is 0 Å². The lowest BCUT2D eigenvalue weighted by Crippen LogP contribution is -2.26. The van der Waals surface area contributed by atoms with Crippen molar-refractivity contribution >= 4 is 5.97 Å². The highest BCUT2D eigenvalue weighted by Gasteiger charge is 2.21. The van der Waals surface area contributed by atoms with Crippen molar-refractivity contribution in [3.8, 4) is 0 Å². The summed E-state index contributed by atoms with van der Waals surface area (Å²) in [6.07, 6.45) is 3.01. The molecule has 17 heavy (non-hydrogen) atoms. The summed E-state index contributed by atoms with van der Waals surface area (Å²) in [6, 6.07) is 8.83. The average molecular weight is 236 g/mol. The molecule has 0 heterocycles. The fraction of sp³-hybridized carbons (Fsp3) is 0.500. The molecule has 1 aromatic carbocycles. The van der Waals surface area contributed by atoms with Crippen LogP contribution < -0.4 is 0 Å². The van der Waals surface area contributed by atoms with Gasteiger partial charge in [0.2, 0.25) is 0 Å². The first-order valence-corrected chi connectivity index (χ1v) is 6.00. The quantitative estimate of drug-likeness (QED) is 0.557. The van der Waals surface area contributed by atoms with Gasteiger partial charge in [-0.2, -0.15) is 4.89 Å². The van der Waals surface area contributed by atoms with Crippen molar-refractivity contribution in [3.05, 3.63) is 35.9 Å². The second-order valence-electron chi connectivity index (χ2n) is 4.68. The minimum atomic E-state index is -0.449. The van der Waals surface area contributed by atoms with E-state index in [0.29, 0.717) is 5.56 Å². The van der Waals surface area contributed by atoms with Gasteiger partial charge in [0, 0.05) is 0 Å². The zero-order valence-electron chi connectivity index (χ0n) is 10.7. The van der Waals surface area contributed by atoms with Crippen molar-refractivity contribution in [2.24, 2.45) is 0 Å². The second kappa shape index (κ2) is 6.40. The Hall–Kier alpha value is -1.35. The summed E-state index contributed by atoms with van der Waals surface area (Å²) in [5, 5.41) is 0. The molecule has 0 aliphatic carbocycles. The summed E-state index contributed by atoms with van der Waals surface area (Å²) in [5.41, 5.74) is 0.0688. The number of carbonyl (C=O) groups excluding carboxylic acids is 1. The molecule has 0 radical (unpaired) electrons. The highest BCUT2D eigenvalue weighted by atomic mass is 17.2. The van der Waals surface area contributed by atoms with E-state index >= 15 is 0 Å². The second-order valence-corrected chi connectivity index (χ2v) is 4.68. The van der Waals surface area contributed by atoms with Crippen molar-refractivity contribution in [2.45, 2.75) is 45.6 Å². The number of rotatable bonds is 6. The molecule has 0 N–H and O–H groups in total. The third kappa shape index (κ3) is 5.00. The molecule has 0 fully saturated rings. The summed E-state index contributed by atoms with van der Waals surface area (Å²) in [7, 11) is 0. The van der Waals surface area contributed by atoms with Crippen LogP contribution in [0.25, 0.3) is 0 Å². The lowest BCUT2D eigenvalue weighted by Gasteiger charge is -2.22. The van der Waals surface area contributed by atoms with Crippen LogP contribution in [0.2, 0.25) is 0 Å². The van der Waals surface area contributed by atoms with E-state index < -0.39 is 11.6 Å². The molecule has 0 bridgehead atoms. The minimum absolute atomic E-state index is 0.430. The molecule has 0 saturated heterocycles. The molecule has 3 nitrogen and oxygen atoms in total. The standard InChI is InChI=1S/C14H20O3/c1-4-5-11-14(2,3)17-16-13(15)12-9-7-6-8-10-12/h6-10H,4-5,11H2,1-3H3. The fourth-order valence-corrected chi connectivity index (χ4v) is 1.42. The first kappa shape index (κ1) is 13.7. The van der Waals surface area contributed by atoms with Gasteiger partial charge in [-0.15, -0.1) is 0 Å². The molecule has 0 aromatic heterocycles. The summed E-state index contributed by atoms with van der Waals surface area (Å²) in [6.45, 7) is 5.95. The minimum Gasteiger partial charge on any atom is -0.292 e. The summed E-state index contributed by atoms with van der Waals surface area (Å²) in [5.74, 6) is -0.449. The fourth-order valence-electron chi connectivity index (χ4n) is 1.42. The highest BCUT2D eigenvalue weighted by molar-refractivity contribution is 5.88. The SMILES string of the molecule is CCCCC(C)(C)OOC(=O)c1ccccc1. The molecule has 0 atom stereocenters. The van der Waals surface area contributed by atoms with Crippen LogP contribution in [-0.4, -0.2) is 11.6 Å². The van der Waals surface area contributed by atoms with Gasteiger partial charge in [0.15, 0.2) is 0 Å². The molecular formula is C14H20O3. The van der Waals surface area contributed by atoms with Crippen LogP contribution in [0.3, 0.4) is 0 Å². The van der Waals surface area contributed by atoms with E-state index in [1.54, 1.807) is 24.3 Å². The van der Waals surface area contributed by atoms with Crippen LogP contribution in [0.15, 0.2) is 30.3 Å². The van der Waals surface area contributed by atoms with Crippen LogP contribution in [0.1, 0.15) is 50.4 Å². The molecule has 0 unspecified atom stereocenters. The Bertz CT molecular complexity index is 344. The molecule has 1 aromatic rings. The Balaban J connectivity index is 2.43. The number of benzene rings is 1. The first-order chi connectivity index (χ1) is 8.05. The van der Waals surface area contributed by atoms with Gasteiger partial charge >= 0.3 is 5.97 Å². The average Bonchev–Trinajstić information content (AvgIpc) is 2.35. The Morgan fingerprint density at radius 3 is 2.47 bits per heavy atom. The Morgan fingerprint density at radius 1 is 1.24 bits per heavy atom. The zero-order chi connectivity index (χ0) is 12.7. The smallest absolute Gasteiger partial charge is 0.292 e. The predicted molar refractivity (Wildman–Crippen MR) is 66.5 cm³/mol. The third-order valence-corrected chi connectivity index (χ3v) is 2.48. The van der Waals surface area contributed by atoms with Crippen molar-refractivity contribution in [3.63, 3.8) is 0 Å². The largest absolute Gasteiger partial charge is 0.373 e. The number of carbonyl (C=O) groups is 1. The van der Waals surface area contributed by atoms with Gasteiger partial charge < -0.3 is 0 Å². The van der Waals surface area contributed by atoms with Crippen LogP contribution >= 0.6 is 0 Å². The maximum Gasteiger partial charge on any atom is 0.373 e. The number of hydrogen-bond donors (Lipinski definition) is 0. The highest BCUT2D eigenvalue weighted by Crippen LogP contribution is 2.18. The van der Waals surface area contributed by atoms with E-state index in [2.05, 4.69) is 6.92 Å². The molecule has 0 spiro atoms. The van der Waals surface area contributed by atoms with Crippen LogP contribution in [-0.2, 0) is 9.78 Å². The topological polar surface area (TPSA) is 35.5 Å². The zero-order valence-corrected chi connectivity index (χ0v) is 10.7. The molecule has 0 aliphatic rings. The summed E-state index contributed by atoms with van der Waals surface area (Å²) >= 11 is 0. The summed E-state index contributed by atoms with van der Waals surface area (Å²) < 4.78 is 0. The van der Waals surface area contributed by atoms with Crippen molar-refractivity contribution in [2.75, 3.05) is 0 Å². The molecule has 0 amide bonds. The molecular weight excluding hydrogens is 216 g/mol. The van der Waals surface area contributed by atoms with Gasteiger partial charge in [-0.1, -0.05) is 38.0 Å². The molecule has 0 aliphatic heterocycles. The molecule has 3 heteroatoms. The normalized spacial score (nSPS) is 11.2. The van der Waals surface area contributed by atoms with E-state index in [9.17, 15) is 4.79 Å². The Morgan fingerprint density at radius 2 is 1.88 bits per heavy atom.